The van der Waals surface area contributed by atoms with Crippen LogP contribution in [0.2, 0.25) is 0 Å². The Bertz CT molecular complexity index is 645. The van der Waals surface area contributed by atoms with Crippen molar-refractivity contribution in [3.05, 3.63) is 0 Å². The Kier molecular flexibility index (Phi) is 8.42. The molecule has 4 N–H and O–H groups in total. The molecule has 3 aliphatic carbocycles. The normalized spacial score (nSPS) is 45.2. The van der Waals surface area contributed by atoms with Crippen molar-refractivity contribution >= 4 is 0 Å². The summed E-state index contributed by atoms with van der Waals surface area (Å²) in [6, 6.07) is 0. The molecule has 0 spiro atoms. The summed E-state index contributed by atoms with van der Waals surface area (Å²) in [5.74, 6) is 4.08. The quantitative estimate of drug-likeness (QED) is 0.374. The lowest BCUT2D eigenvalue weighted by atomic mass is 9.69. The first-order chi connectivity index (χ1) is 17.1. The Morgan fingerprint density at radius 2 is 0.778 bits per heavy atom. The number of hydrogen-bond acceptors (Lipinski definition) is 6. The molecule has 6 atom stereocenters. The van der Waals surface area contributed by atoms with Gasteiger partial charge in [0.2, 0.25) is 0 Å². The molecule has 5 rings (SSSR count). The summed E-state index contributed by atoms with van der Waals surface area (Å²) in [5.41, 5.74) is 15.1. The number of nitrogens with one attached hydrogen (secondary N) is 4. The third kappa shape index (κ3) is 6.31. The van der Waals surface area contributed by atoms with Crippen LogP contribution >= 0.6 is 0 Å². The summed E-state index contributed by atoms with van der Waals surface area (Å²) < 4.78 is 13.3. The van der Waals surface area contributed by atoms with Crippen molar-refractivity contribution in [2.75, 3.05) is 0 Å². The lowest BCUT2D eigenvalue weighted by Crippen LogP contribution is -2.44. The Morgan fingerprint density at radius 3 is 1.11 bits per heavy atom. The first-order valence-electron chi connectivity index (χ1n) is 15.4. The predicted octanol–water partition coefficient (Wildman–Crippen LogP) is 6.05. The largest absolute Gasteiger partial charge is 0.342 e. The highest BCUT2D eigenvalue weighted by Crippen LogP contribution is 2.44. The summed E-state index contributed by atoms with van der Waals surface area (Å²) in [5, 5.41) is 0. The maximum Gasteiger partial charge on any atom is 0.125 e. The Morgan fingerprint density at radius 1 is 0.444 bits per heavy atom. The van der Waals surface area contributed by atoms with Crippen molar-refractivity contribution in [3.8, 4) is 0 Å². The zero-order valence-corrected chi connectivity index (χ0v) is 24.1. The summed E-state index contributed by atoms with van der Waals surface area (Å²) >= 11 is 0. The van der Waals surface area contributed by atoms with Gasteiger partial charge >= 0.3 is 0 Å². The van der Waals surface area contributed by atoms with Gasteiger partial charge in [-0.05, 0) is 105 Å². The van der Waals surface area contributed by atoms with Gasteiger partial charge in [0.05, 0.1) is 0 Å². The second kappa shape index (κ2) is 11.1. The van der Waals surface area contributed by atoms with E-state index < -0.39 is 0 Å². The number of hydrazine groups is 2. The van der Waals surface area contributed by atoms with Crippen LogP contribution < -0.4 is 21.7 Å². The molecule has 208 valence electrons. The van der Waals surface area contributed by atoms with E-state index in [1.54, 1.807) is 0 Å². The molecule has 0 radical (unpaired) electrons. The van der Waals surface area contributed by atoms with Crippen LogP contribution in [0.3, 0.4) is 0 Å². The molecule has 0 bridgehead atoms. The first-order valence-corrected chi connectivity index (χ1v) is 15.4. The molecule has 6 nitrogen and oxygen atoms in total. The summed E-state index contributed by atoms with van der Waals surface area (Å²) in [6.07, 6.45) is 16.0. The Labute approximate surface area is 221 Å². The maximum atomic E-state index is 6.63. The van der Waals surface area contributed by atoms with Crippen LogP contribution in [0.5, 0.6) is 0 Å². The third-order valence-electron chi connectivity index (χ3n) is 10.8. The average molecular weight is 505 g/mol. The van der Waals surface area contributed by atoms with Crippen LogP contribution in [-0.2, 0) is 9.47 Å². The van der Waals surface area contributed by atoms with Gasteiger partial charge in [-0.3, -0.25) is 0 Å². The molecule has 3 saturated carbocycles. The van der Waals surface area contributed by atoms with Crippen molar-refractivity contribution < 1.29 is 9.47 Å². The standard InChI is InChI=1S/C30H56N4O2/c1-29(2,3)23-14-10-19(11-15-23)25-31-33-27(35-25)21-8-7-9-22(18-21)28-34-32-26(36-28)20-12-16-24(17-13-20)30(4,5)6/h19-28,31-34H,7-18H2,1-6H3. The molecule has 0 aromatic rings. The Balaban J connectivity index is 1.07. The molecule has 0 aromatic carbocycles. The van der Waals surface area contributed by atoms with Gasteiger partial charge in [0.1, 0.15) is 24.9 Å². The van der Waals surface area contributed by atoms with Crippen molar-refractivity contribution in [2.24, 2.45) is 46.3 Å². The monoisotopic (exact) mass is 504 g/mol. The SMILES string of the molecule is CC(C)(C)C1CCC(C2NNC(C3CCCC(C4NNC(C5CCC(C(C)(C)C)CC5)O4)C3)O2)CC1. The zero-order valence-electron chi connectivity index (χ0n) is 24.1. The first kappa shape index (κ1) is 27.3. The lowest BCUT2D eigenvalue weighted by molar-refractivity contribution is -0.0741. The predicted molar refractivity (Wildman–Crippen MR) is 145 cm³/mol. The zero-order chi connectivity index (χ0) is 25.5. The molecule has 2 aliphatic heterocycles. The van der Waals surface area contributed by atoms with Gasteiger partial charge in [-0.15, -0.1) is 0 Å². The van der Waals surface area contributed by atoms with Crippen LogP contribution in [0.1, 0.15) is 119 Å². The number of ether oxygens (including phenoxy) is 2. The van der Waals surface area contributed by atoms with Crippen molar-refractivity contribution in [2.45, 2.75) is 144 Å². The highest BCUT2D eigenvalue weighted by molar-refractivity contribution is 4.90. The van der Waals surface area contributed by atoms with E-state index in [4.69, 9.17) is 9.47 Å². The summed E-state index contributed by atoms with van der Waals surface area (Å²) in [7, 11) is 0. The van der Waals surface area contributed by atoms with Gasteiger partial charge in [-0.25, -0.2) is 21.7 Å². The fraction of sp³-hybridized carbons (Fsp3) is 1.00. The smallest absolute Gasteiger partial charge is 0.125 e. The van der Waals surface area contributed by atoms with Gasteiger partial charge < -0.3 is 9.47 Å². The van der Waals surface area contributed by atoms with E-state index in [1.165, 1.54) is 77.0 Å². The summed E-state index contributed by atoms with van der Waals surface area (Å²) in [6.45, 7) is 14.4. The second-order valence-electron chi connectivity index (χ2n) is 15.2. The van der Waals surface area contributed by atoms with E-state index in [0.29, 0.717) is 34.5 Å². The molecule has 5 fully saturated rings. The summed E-state index contributed by atoms with van der Waals surface area (Å²) in [4.78, 5) is 0. The van der Waals surface area contributed by atoms with Gasteiger partial charge in [0.15, 0.2) is 0 Å². The maximum absolute atomic E-state index is 6.63. The van der Waals surface area contributed by atoms with E-state index >= 15 is 0 Å². The molecule has 0 amide bonds. The molecular weight excluding hydrogens is 448 g/mol. The molecule has 36 heavy (non-hydrogen) atoms. The van der Waals surface area contributed by atoms with E-state index in [9.17, 15) is 0 Å². The highest BCUT2D eigenvalue weighted by Gasteiger charge is 2.43. The molecule has 0 aromatic heterocycles. The van der Waals surface area contributed by atoms with Gasteiger partial charge in [0, 0.05) is 11.8 Å². The minimum absolute atomic E-state index is 0.135. The van der Waals surface area contributed by atoms with Crippen molar-refractivity contribution in [3.63, 3.8) is 0 Å². The average Bonchev–Trinajstić information content (AvgIpc) is 3.54. The Hall–Kier alpha value is -0.240. The van der Waals surface area contributed by atoms with Crippen LogP contribution in [0, 0.1) is 46.3 Å². The van der Waals surface area contributed by atoms with Crippen LogP contribution in [-0.4, -0.2) is 24.9 Å². The molecular formula is C30H56N4O2. The second-order valence-corrected chi connectivity index (χ2v) is 15.2. The van der Waals surface area contributed by atoms with Crippen molar-refractivity contribution in [1.29, 1.82) is 0 Å². The van der Waals surface area contributed by atoms with E-state index in [2.05, 4.69) is 63.2 Å². The minimum Gasteiger partial charge on any atom is -0.342 e. The number of hydrogen-bond donors (Lipinski definition) is 4. The molecule has 6 unspecified atom stereocenters. The van der Waals surface area contributed by atoms with Gasteiger partial charge in [-0.2, -0.15) is 0 Å². The van der Waals surface area contributed by atoms with Gasteiger partial charge in [0.25, 0.3) is 0 Å². The van der Waals surface area contributed by atoms with E-state index in [-0.39, 0.29) is 24.9 Å². The highest BCUT2D eigenvalue weighted by atomic mass is 16.6. The molecule has 2 heterocycles. The van der Waals surface area contributed by atoms with Crippen LogP contribution in [0.4, 0.5) is 0 Å². The fourth-order valence-electron chi connectivity index (χ4n) is 8.09. The number of rotatable bonds is 4. The fourth-order valence-corrected chi connectivity index (χ4v) is 8.09. The third-order valence-corrected chi connectivity index (χ3v) is 10.8. The molecule has 2 saturated heterocycles. The molecule has 5 aliphatic rings. The lowest BCUT2D eigenvalue weighted by Gasteiger charge is -2.39. The minimum atomic E-state index is 0.135. The topological polar surface area (TPSA) is 66.6 Å². The van der Waals surface area contributed by atoms with E-state index in [1.807, 2.05) is 0 Å². The van der Waals surface area contributed by atoms with Crippen molar-refractivity contribution in [1.82, 2.24) is 21.7 Å². The van der Waals surface area contributed by atoms with Crippen LogP contribution in [0.15, 0.2) is 0 Å². The van der Waals surface area contributed by atoms with Gasteiger partial charge in [-0.1, -0.05) is 48.0 Å². The van der Waals surface area contributed by atoms with Crippen LogP contribution in [0.25, 0.3) is 0 Å². The molecule has 6 heteroatoms. The van der Waals surface area contributed by atoms with E-state index in [0.717, 1.165) is 11.8 Å².